The van der Waals surface area contributed by atoms with Crippen molar-refractivity contribution in [2.45, 2.75) is 38.4 Å². The normalized spacial score (nSPS) is 13.2. The van der Waals surface area contributed by atoms with Crippen LogP contribution in [0.25, 0.3) is 0 Å². The number of hydrogen-bond donors (Lipinski definition) is 0. The zero-order chi connectivity index (χ0) is 13.8. The second-order valence-electron chi connectivity index (χ2n) is 5.03. The number of benzene rings is 1. The fourth-order valence-electron chi connectivity index (χ4n) is 1.84. The van der Waals surface area contributed by atoms with Crippen molar-refractivity contribution in [3.05, 3.63) is 29.8 Å². The van der Waals surface area contributed by atoms with Gasteiger partial charge in [0.1, 0.15) is 0 Å². The molecule has 0 saturated carbocycles. The quantitative estimate of drug-likeness (QED) is 0.471. The lowest BCUT2D eigenvalue weighted by Crippen LogP contribution is -2.48. The van der Waals surface area contributed by atoms with E-state index in [1.165, 1.54) is 5.19 Å². The van der Waals surface area contributed by atoms with Crippen LogP contribution >= 0.6 is 11.6 Å². The van der Waals surface area contributed by atoms with Crippen LogP contribution in [0.15, 0.2) is 24.3 Å². The van der Waals surface area contributed by atoms with Crippen molar-refractivity contribution in [2.75, 3.05) is 6.61 Å². The first-order chi connectivity index (χ1) is 8.43. The van der Waals surface area contributed by atoms with E-state index in [1.807, 2.05) is 26.0 Å². The molecule has 0 aromatic heterocycles. The molecule has 4 heteroatoms. The predicted molar refractivity (Wildman–Crippen MR) is 79.2 cm³/mol. The Morgan fingerprint density at radius 2 is 1.89 bits per heavy atom. The maximum Gasteiger partial charge on any atom is 0.306 e. The standard InChI is InChI=1S/C14H21ClO2Si/c1-5-17-14(16)11(2)18(3,4)13-8-6-12(10-15)7-9-13/h6-9,11H,5,10H2,1-4H3. The number of carbonyl (C=O) groups excluding carboxylic acids is 1. The van der Waals surface area contributed by atoms with Crippen molar-refractivity contribution in [2.24, 2.45) is 0 Å². The van der Waals surface area contributed by atoms with E-state index in [4.69, 9.17) is 16.3 Å². The zero-order valence-electron chi connectivity index (χ0n) is 11.5. The van der Waals surface area contributed by atoms with Gasteiger partial charge in [-0.15, -0.1) is 11.6 Å². The Balaban J connectivity index is 2.93. The van der Waals surface area contributed by atoms with Crippen molar-refractivity contribution >= 4 is 30.8 Å². The summed E-state index contributed by atoms with van der Waals surface area (Å²) in [5, 5.41) is 1.26. The number of carbonyl (C=O) groups is 1. The second kappa shape index (κ2) is 6.39. The predicted octanol–water partition coefficient (Wildman–Crippen LogP) is 3.29. The van der Waals surface area contributed by atoms with E-state index in [2.05, 4.69) is 25.2 Å². The first-order valence-corrected chi connectivity index (χ1v) is 9.86. The van der Waals surface area contributed by atoms with Crippen LogP contribution in [0.4, 0.5) is 0 Å². The average molecular weight is 285 g/mol. The number of rotatable bonds is 5. The number of esters is 1. The minimum atomic E-state index is -1.84. The minimum Gasteiger partial charge on any atom is -0.466 e. The Hall–Kier alpha value is -0.803. The van der Waals surface area contributed by atoms with Gasteiger partial charge in [-0.3, -0.25) is 4.79 Å². The Morgan fingerprint density at radius 3 is 2.33 bits per heavy atom. The van der Waals surface area contributed by atoms with Gasteiger partial charge < -0.3 is 4.74 Å². The van der Waals surface area contributed by atoms with E-state index in [0.29, 0.717) is 12.5 Å². The lowest BCUT2D eigenvalue weighted by molar-refractivity contribution is -0.142. The van der Waals surface area contributed by atoms with Gasteiger partial charge in [0.15, 0.2) is 0 Å². The molecular formula is C14H21ClO2Si. The highest BCUT2D eigenvalue weighted by Crippen LogP contribution is 2.23. The van der Waals surface area contributed by atoms with Crippen molar-refractivity contribution in [1.29, 1.82) is 0 Å². The molecule has 0 fully saturated rings. The summed E-state index contributed by atoms with van der Waals surface area (Å²) in [7, 11) is -1.84. The molecule has 1 aromatic rings. The monoisotopic (exact) mass is 284 g/mol. The molecule has 0 radical (unpaired) electrons. The first-order valence-electron chi connectivity index (χ1n) is 6.25. The lowest BCUT2D eigenvalue weighted by atomic mass is 10.2. The summed E-state index contributed by atoms with van der Waals surface area (Å²) in [4.78, 5) is 11.9. The lowest BCUT2D eigenvalue weighted by Gasteiger charge is -2.28. The maximum absolute atomic E-state index is 11.9. The Bertz CT molecular complexity index is 401. The summed E-state index contributed by atoms with van der Waals surface area (Å²) in [6.45, 7) is 8.65. The van der Waals surface area contributed by atoms with Gasteiger partial charge in [-0.1, -0.05) is 49.5 Å². The van der Waals surface area contributed by atoms with Gasteiger partial charge in [-0.25, -0.2) is 0 Å². The van der Waals surface area contributed by atoms with Gasteiger partial charge in [-0.05, 0) is 12.5 Å². The molecule has 0 N–H and O–H groups in total. The van der Waals surface area contributed by atoms with Gasteiger partial charge in [0.2, 0.25) is 0 Å². The molecule has 0 aliphatic carbocycles. The van der Waals surface area contributed by atoms with Crippen LogP contribution in [-0.2, 0) is 15.4 Å². The molecule has 0 saturated heterocycles. The van der Waals surface area contributed by atoms with Crippen molar-refractivity contribution in [1.82, 2.24) is 0 Å². The highest BCUT2D eigenvalue weighted by atomic mass is 35.5. The fraction of sp³-hybridized carbons (Fsp3) is 0.500. The Labute approximate surface area is 115 Å². The molecule has 1 atom stereocenters. The minimum absolute atomic E-state index is 0.0423. The molecule has 18 heavy (non-hydrogen) atoms. The van der Waals surface area contributed by atoms with Crippen LogP contribution in [0, 0.1) is 0 Å². The van der Waals surface area contributed by atoms with Crippen LogP contribution in [0.5, 0.6) is 0 Å². The summed E-state index contributed by atoms with van der Waals surface area (Å²) in [5.41, 5.74) is 1.06. The van der Waals surface area contributed by atoms with Crippen LogP contribution in [-0.4, -0.2) is 20.7 Å². The van der Waals surface area contributed by atoms with Crippen molar-refractivity contribution in [3.63, 3.8) is 0 Å². The maximum atomic E-state index is 11.9. The molecule has 100 valence electrons. The van der Waals surface area contributed by atoms with E-state index in [1.54, 1.807) is 0 Å². The number of ether oxygens (including phenoxy) is 1. The molecule has 0 spiro atoms. The molecule has 0 amide bonds. The summed E-state index contributed by atoms with van der Waals surface area (Å²) in [5.74, 6) is 0.436. The molecular weight excluding hydrogens is 264 g/mol. The van der Waals surface area contributed by atoms with Gasteiger partial charge in [0.05, 0.1) is 20.2 Å². The Morgan fingerprint density at radius 1 is 1.33 bits per heavy atom. The largest absolute Gasteiger partial charge is 0.466 e. The topological polar surface area (TPSA) is 26.3 Å². The number of halogens is 1. The molecule has 1 unspecified atom stereocenters. The van der Waals surface area contributed by atoms with E-state index >= 15 is 0 Å². The molecule has 0 heterocycles. The SMILES string of the molecule is CCOC(=O)C(C)[Si](C)(C)c1ccc(CCl)cc1. The van der Waals surface area contributed by atoms with E-state index < -0.39 is 8.07 Å². The molecule has 2 nitrogen and oxygen atoms in total. The summed E-state index contributed by atoms with van der Waals surface area (Å²) in [6, 6.07) is 8.27. The molecule has 1 rings (SSSR count). The van der Waals surface area contributed by atoms with Gasteiger partial charge >= 0.3 is 5.97 Å². The molecule has 1 aromatic carbocycles. The van der Waals surface area contributed by atoms with Crippen LogP contribution in [0.3, 0.4) is 0 Å². The first kappa shape index (κ1) is 15.3. The van der Waals surface area contributed by atoms with Crippen LogP contribution in [0.2, 0.25) is 18.6 Å². The average Bonchev–Trinajstić information content (AvgIpc) is 2.38. The second-order valence-corrected chi connectivity index (χ2v) is 10.2. The van der Waals surface area contributed by atoms with Crippen molar-refractivity contribution < 1.29 is 9.53 Å². The van der Waals surface area contributed by atoms with Gasteiger partial charge in [-0.2, -0.15) is 0 Å². The number of hydrogen-bond acceptors (Lipinski definition) is 2. The van der Waals surface area contributed by atoms with Crippen molar-refractivity contribution in [3.8, 4) is 0 Å². The van der Waals surface area contributed by atoms with Crippen LogP contribution in [0.1, 0.15) is 19.4 Å². The molecule has 0 bridgehead atoms. The third kappa shape index (κ3) is 3.36. The van der Waals surface area contributed by atoms with E-state index in [-0.39, 0.29) is 11.5 Å². The highest BCUT2D eigenvalue weighted by molar-refractivity contribution is 6.93. The molecule has 0 aliphatic rings. The number of alkyl halides is 1. The third-order valence-corrected chi connectivity index (χ3v) is 8.11. The van der Waals surface area contributed by atoms with E-state index in [9.17, 15) is 4.79 Å². The highest BCUT2D eigenvalue weighted by Gasteiger charge is 2.36. The molecule has 0 aliphatic heterocycles. The summed E-state index contributed by atoms with van der Waals surface area (Å²) >= 11 is 5.78. The third-order valence-electron chi connectivity index (χ3n) is 3.57. The summed E-state index contributed by atoms with van der Waals surface area (Å²) < 4.78 is 5.13. The smallest absolute Gasteiger partial charge is 0.306 e. The summed E-state index contributed by atoms with van der Waals surface area (Å²) in [6.07, 6.45) is 0. The zero-order valence-corrected chi connectivity index (χ0v) is 13.3. The van der Waals surface area contributed by atoms with Gasteiger partial charge in [0.25, 0.3) is 0 Å². The Kier molecular flexibility index (Phi) is 5.41. The van der Waals surface area contributed by atoms with Crippen LogP contribution < -0.4 is 5.19 Å². The van der Waals surface area contributed by atoms with Gasteiger partial charge in [0, 0.05) is 5.88 Å². The fourth-order valence-corrected chi connectivity index (χ4v) is 4.21. The van der Waals surface area contributed by atoms with E-state index in [0.717, 1.165) is 5.56 Å².